The summed E-state index contributed by atoms with van der Waals surface area (Å²) in [7, 11) is 3.47. The normalized spacial score (nSPS) is 11.6. The van der Waals surface area contributed by atoms with Crippen molar-refractivity contribution in [3.63, 3.8) is 0 Å². The molecule has 6 heteroatoms. The number of aliphatic imine (C=N–C) groups is 1. The zero-order valence-electron chi connectivity index (χ0n) is 15.5. The molecule has 2 N–H and O–H groups in total. The maximum atomic E-state index is 5.71. The van der Waals surface area contributed by atoms with E-state index in [0.29, 0.717) is 18.6 Å². The fraction of sp³-hybridized carbons (Fsp3) is 0.611. The zero-order chi connectivity index (χ0) is 17.1. The highest BCUT2D eigenvalue weighted by Crippen LogP contribution is 2.18. The Hall–Kier alpha value is -1.02. The van der Waals surface area contributed by atoms with Crippen LogP contribution < -0.4 is 15.4 Å². The molecule has 0 radical (unpaired) electrons. The molecule has 0 aromatic heterocycles. The van der Waals surface area contributed by atoms with Crippen molar-refractivity contribution >= 4 is 35.6 Å². The average molecular weight is 449 g/mol. The number of nitrogens with zero attached hydrogens (tertiary/aromatic N) is 1. The third-order valence-electron chi connectivity index (χ3n) is 3.25. The molecule has 5 nitrogen and oxygen atoms in total. The Balaban J connectivity index is 0.00000529. The first kappa shape index (κ1) is 23.0. The van der Waals surface area contributed by atoms with Gasteiger partial charge in [0.25, 0.3) is 0 Å². The molecule has 0 atom stereocenters. The molecule has 0 aliphatic carbocycles. The largest absolute Gasteiger partial charge is 0.493 e. The number of nitrogens with one attached hydrogen (secondary N) is 2. The van der Waals surface area contributed by atoms with Crippen LogP contribution in [0.5, 0.6) is 5.75 Å². The van der Waals surface area contributed by atoms with Crippen molar-refractivity contribution in [2.45, 2.75) is 33.6 Å². The van der Waals surface area contributed by atoms with Crippen LogP contribution >= 0.6 is 24.0 Å². The van der Waals surface area contributed by atoms with E-state index in [4.69, 9.17) is 9.47 Å². The van der Waals surface area contributed by atoms with Crippen molar-refractivity contribution in [3.05, 3.63) is 24.3 Å². The van der Waals surface area contributed by atoms with Gasteiger partial charge in [-0.1, -0.05) is 26.8 Å². The first-order valence-electron chi connectivity index (χ1n) is 8.14. The van der Waals surface area contributed by atoms with Crippen LogP contribution in [0.3, 0.4) is 0 Å². The molecule has 138 valence electrons. The fourth-order valence-electron chi connectivity index (χ4n) is 1.93. The lowest BCUT2D eigenvalue weighted by molar-refractivity contribution is 0.172. The van der Waals surface area contributed by atoms with Crippen LogP contribution in [0.1, 0.15) is 33.6 Å². The van der Waals surface area contributed by atoms with Gasteiger partial charge < -0.3 is 20.1 Å². The molecular formula is C18H32IN3O2. The Kier molecular flexibility index (Phi) is 11.8. The number of methoxy groups -OCH3 is 1. The SMILES string of the molecule is CN=C(NCCC(C)(C)C)Nc1cccc(OCCCOC)c1.I. The summed E-state index contributed by atoms with van der Waals surface area (Å²) in [5, 5.41) is 6.63. The molecule has 0 aliphatic rings. The summed E-state index contributed by atoms with van der Waals surface area (Å²) >= 11 is 0. The lowest BCUT2D eigenvalue weighted by atomic mass is 9.92. The Labute approximate surface area is 163 Å². The summed E-state index contributed by atoms with van der Waals surface area (Å²) in [6, 6.07) is 7.90. The predicted molar refractivity (Wildman–Crippen MR) is 113 cm³/mol. The minimum Gasteiger partial charge on any atom is -0.493 e. The van der Waals surface area contributed by atoms with Crippen LogP contribution in [0.4, 0.5) is 5.69 Å². The number of halogens is 1. The molecule has 0 heterocycles. The van der Waals surface area contributed by atoms with Crippen molar-refractivity contribution in [2.75, 3.05) is 39.2 Å². The van der Waals surface area contributed by atoms with Gasteiger partial charge in [-0.2, -0.15) is 0 Å². The summed E-state index contributed by atoms with van der Waals surface area (Å²) < 4.78 is 10.7. The fourth-order valence-corrected chi connectivity index (χ4v) is 1.93. The number of ether oxygens (including phenoxy) is 2. The van der Waals surface area contributed by atoms with Gasteiger partial charge in [0.1, 0.15) is 5.75 Å². The highest BCUT2D eigenvalue weighted by Gasteiger charge is 2.10. The standard InChI is InChI=1S/C18H31N3O2.HI/c1-18(2,3)10-11-20-17(19-4)21-15-8-6-9-16(14-15)23-13-7-12-22-5;/h6,8-9,14H,7,10-13H2,1-5H3,(H2,19,20,21);1H. The summed E-state index contributed by atoms with van der Waals surface area (Å²) in [5.41, 5.74) is 1.26. The highest BCUT2D eigenvalue weighted by molar-refractivity contribution is 14.0. The number of hydrogen-bond acceptors (Lipinski definition) is 3. The monoisotopic (exact) mass is 449 g/mol. The molecule has 0 unspecified atom stereocenters. The van der Waals surface area contributed by atoms with Crippen LogP contribution in [0.15, 0.2) is 29.3 Å². The van der Waals surface area contributed by atoms with E-state index < -0.39 is 0 Å². The average Bonchev–Trinajstić information content (AvgIpc) is 2.50. The second-order valence-electron chi connectivity index (χ2n) is 6.66. The van der Waals surface area contributed by atoms with E-state index in [1.165, 1.54) is 0 Å². The molecule has 0 spiro atoms. The van der Waals surface area contributed by atoms with Gasteiger partial charge in [-0.15, -0.1) is 24.0 Å². The number of hydrogen-bond donors (Lipinski definition) is 2. The molecule has 0 saturated carbocycles. The smallest absolute Gasteiger partial charge is 0.195 e. The van der Waals surface area contributed by atoms with Crippen molar-refractivity contribution in [3.8, 4) is 5.75 Å². The summed E-state index contributed by atoms with van der Waals surface area (Å²) in [6.45, 7) is 8.94. The minimum atomic E-state index is 0. The second kappa shape index (κ2) is 12.4. The van der Waals surface area contributed by atoms with Gasteiger partial charge >= 0.3 is 0 Å². The van der Waals surface area contributed by atoms with Crippen LogP contribution in [-0.2, 0) is 4.74 Å². The van der Waals surface area contributed by atoms with Gasteiger partial charge in [0.05, 0.1) is 6.61 Å². The Bertz CT molecular complexity index is 487. The molecule has 0 bridgehead atoms. The zero-order valence-corrected chi connectivity index (χ0v) is 17.8. The maximum absolute atomic E-state index is 5.71. The highest BCUT2D eigenvalue weighted by atomic mass is 127. The number of anilines is 1. The quantitative estimate of drug-likeness (QED) is 0.271. The molecule has 24 heavy (non-hydrogen) atoms. The van der Waals surface area contributed by atoms with Crippen molar-refractivity contribution in [1.82, 2.24) is 5.32 Å². The van der Waals surface area contributed by atoms with Crippen molar-refractivity contribution in [1.29, 1.82) is 0 Å². The lowest BCUT2D eigenvalue weighted by Gasteiger charge is -2.19. The summed E-state index contributed by atoms with van der Waals surface area (Å²) in [6.07, 6.45) is 1.96. The van der Waals surface area contributed by atoms with Crippen molar-refractivity contribution in [2.24, 2.45) is 10.4 Å². The van der Waals surface area contributed by atoms with Gasteiger partial charge in [0.2, 0.25) is 0 Å². The van der Waals surface area contributed by atoms with E-state index in [0.717, 1.165) is 36.8 Å². The van der Waals surface area contributed by atoms with Gasteiger partial charge in [0, 0.05) is 45.5 Å². The number of rotatable bonds is 8. The van der Waals surface area contributed by atoms with Crippen LogP contribution in [0.25, 0.3) is 0 Å². The van der Waals surface area contributed by atoms with E-state index >= 15 is 0 Å². The molecule has 0 fully saturated rings. The third kappa shape index (κ3) is 10.7. The molecule has 0 aliphatic heterocycles. The van der Waals surface area contributed by atoms with Gasteiger partial charge in [-0.25, -0.2) is 0 Å². The molecular weight excluding hydrogens is 417 g/mol. The molecule has 0 saturated heterocycles. The first-order chi connectivity index (χ1) is 10.9. The summed E-state index contributed by atoms with van der Waals surface area (Å²) in [4.78, 5) is 4.26. The van der Waals surface area contributed by atoms with Crippen molar-refractivity contribution < 1.29 is 9.47 Å². The van der Waals surface area contributed by atoms with E-state index in [-0.39, 0.29) is 24.0 Å². The third-order valence-corrected chi connectivity index (χ3v) is 3.25. The molecule has 1 aromatic rings. The predicted octanol–water partition coefficient (Wildman–Crippen LogP) is 4.14. The van der Waals surface area contributed by atoms with Gasteiger partial charge in [0.15, 0.2) is 5.96 Å². The van der Waals surface area contributed by atoms with Gasteiger partial charge in [-0.3, -0.25) is 4.99 Å². The van der Waals surface area contributed by atoms with E-state index in [9.17, 15) is 0 Å². The van der Waals surface area contributed by atoms with Crippen LogP contribution in [-0.4, -0.2) is 39.9 Å². The molecule has 1 aromatic carbocycles. The maximum Gasteiger partial charge on any atom is 0.195 e. The van der Waals surface area contributed by atoms with Crippen LogP contribution in [0, 0.1) is 5.41 Å². The topological polar surface area (TPSA) is 54.9 Å². The Morgan fingerprint density at radius 2 is 1.96 bits per heavy atom. The minimum absolute atomic E-state index is 0. The summed E-state index contributed by atoms with van der Waals surface area (Å²) in [5.74, 6) is 1.61. The van der Waals surface area contributed by atoms with Gasteiger partial charge in [-0.05, 0) is 24.0 Å². The molecule has 0 amide bonds. The Morgan fingerprint density at radius 1 is 1.21 bits per heavy atom. The van der Waals surface area contributed by atoms with E-state index in [1.54, 1.807) is 14.2 Å². The number of benzene rings is 1. The molecule has 1 rings (SSSR count). The second-order valence-corrected chi connectivity index (χ2v) is 6.66. The van der Waals surface area contributed by atoms with Crippen LogP contribution in [0.2, 0.25) is 0 Å². The first-order valence-corrected chi connectivity index (χ1v) is 8.14. The lowest BCUT2D eigenvalue weighted by Crippen LogP contribution is -2.33. The number of guanidine groups is 1. The Morgan fingerprint density at radius 3 is 2.58 bits per heavy atom. The van der Waals surface area contributed by atoms with E-state index in [1.807, 2.05) is 24.3 Å². The van der Waals surface area contributed by atoms with E-state index in [2.05, 4.69) is 36.4 Å².